The highest BCUT2D eigenvalue weighted by atomic mass is 16.5. The second-order valence-corrected chi connectivity index (χ2v) is 6.36. The number of nitrogens with one attached hydrogen (secondary N) is 1. The highest BCUT2D eigenvalue weighted by Gasteiger charge is 2.13. The first-order chi connectivity index (χ1) is 14.1. The molecule has 1 N–H and O–H groups in total. The number of methoxy groups -OCH3 is 1. The van der Waals surface area contributed by atoms with Crippen LogP contribution < -0.4 is 5.32 Å². The SMILES string of the molecule is COC(=O)c1ccccc1Cn1cc(NC(=O)Cn2nnc3ccccc32)cn1. The van der Waals surface area contributed by atoms with Gasteiger partial charge in [0.15, 0.2) is 0 Å². The molecule has 0 aliphatic rings. The molecule has 4 aromatic rings. The highest BCUT2D eigenvalue weighted by Crippen LogP contribution is 2.14. The summed E-state index contributed by atoms with van der Waals surface area (Å²) in [5, 5.41) is 15.1. The Morgan fingerprint density at radius 3 is 2.76 bits per heavy atom. The average Bonchev–Trinajstić information content (AvgIpc) is 3.35. The van der Waals surface area contributed by atoms with Crippen LogP contribution in [0.5, 0.6) is 0 Å². The fourth-order valence-corrected chi connectivity index (χ4v) is 3.03. The number of amides is 1. The molecular formula is C20H18N6O3. The Balaban J connectivity index is 1.43. The van der Waals surface area contributed by atoms with Crippen LogP contribution >= 0.6 is 0 Å². The molecule has 4 rings (SSSR count). The third-order valence-electron chi connectivity index (χ3n) is 4.39. The van der Waals surface area contributed by atoms with Crippen molar-refractivity contribution in [3.8, 4) is 0 Å². The lowest BCUT2D eigenvalue weighted by atomic mass is 10.1. The van der Waals surface area contributed by atoms with Gasteiger partial charge in [0, 0.05) is 6.20 Å². The molecule has 2 heterocycles. The summed E-state index contributed by atoms with van der Waals surface area (Å²) in [5.41, 5.74) is 3.33. The molecule has 0 radical (unpaired) electrons. The van der Waals surface area contributed by atoms with Crippen LogP contribution in [0.4, 0.5) is 5.69 Å². The topological polar surface area (TPSA) is 104 Å². The van der Waals surface area contributed by atoms with Crippen molar-refractivity contribution in [3.05, 3.63) is 72.1 Å². The van der Waals surface area contributed by atoms with Crippen molar-refractivity contribution in [2.45, 2.75) is 13.1 Å². The van der Waals surface area contributed by atoms with Crippen LogP contribution in [0.25, 0.3) is 11.0 Å². The zero-order valence-electron chi connectivity index (χ0n) is 15.6. The largest absolute Gasteiger partial charge is 0.465 e. The fourth-order valence-electron chi connectivity index (χ4n) is 3.03. The number of aromatic nitrogens is 5. The molecule has 29 heavy (non-hydrogen) atoms. The molecule has 146 valence electrons. The number of esters is 1. The lowest BCUT2D eigenvalue weighted by Crippen LogP contribution is -2.19. The smallest absolute Gasteiger partial charge is 0.338 e. The van der Waals surface area contributed by atoms with E-state index in [0.29, 0.717) is 17.8 Å². The van der Waals surface area contributed by atoms with Crippen LogP contribution in [0.1, 0.15) is 15.9 Å². The number of nitrogens with zero attached hydrogens (tertiary/aromatic N) is 5. The molecule has 0 aliphatic heterocycles. The van der Waals surface area contributed by atoms with Crippen molar-refractivity contribution in [2.24, 2.45) is 0 Å². The first-order valence-corrected chi connectivity index (χ1v) is 8.91. The van der Waals surface area contributed by atoms with Crippen LogP contribution in [0.2, 0.25) is 0 Å². The van der Waals surface area contributed by atoms with E-state index in [0.717, 1.165) is 16.6 Å². The predicted molar refractivity (Wildman–Crippen MR) is 105 cm³/mol. The van der Waals surface area contributed by atoms with E-state index in [1.54, 1.807) is 33.9 Å². The van der Waals surface area contributed by atoms with E-state index in [9.17, 15) is 9.59 Å². The van der Waals surface area contributed by atoms with Crippen LogP contribution in [-0.4, -0.2) is 43.8 Å². The summed E-state index contributed by atoms with van der Waals surface area (Å²) in [5.74, 6) is -0.642. The molecule has 9 nitrogen and oxygen atoms in total. The number of ether oxygens (including phenoxy) is 1. The van der Waals surface area contributed by atoms with Crippen molar-refractivity contribution < 1.29 is 14.3 Å². The Kier molecular flexibility index (Phi) is 5.02. The number of hydrogen-bond acceptors (Lipinski definition) is 6. The van der Waals surface area contributed by atoms with Crippen LogP contribution in [-0.2, 0) is 22.6 Å². The minimum Gasteiger partial charge on any atom is -0.465 e. The standard InChI is InChI=1S/C20H18N6O3/c1-29-20(28)16-7-3-2-6-14(16)11-25-12-15(10-21-25)22-19(27)13-26-18-9-5-4-8-17(18)23-24-26/h2-10,12H,11,13H2,1H3,(H,22,27). The minimum absolute atomic E-state index is 0.0386. The maximum absolute atomic E-state index is 12.4. The number of hydrogen-bond donors (Lipinski definition) is 1. The van der Waals surface area contributed by atoms with E-state index in [2.05, 4.69) is 20.7 Å². The molecule has 0 fully saturated rings. The third-order valence-corrected chi connectivity index (χ3v) is 4.39. The Morgan fingerprint density at radius 2 is 1.90 bits per heavy atom. The van der Waals surface area contributed by atoms with Gasteiger partial charge in [-0.3, -0.25) is 9.48 Å². The first kappa shape index (κ1) is 18.4. The number of para-hydroxylation sites is 1. The van der Waals surface area contributed by atoms with E-state index in [4.69, 9.17) is 4.74 Å². The molecule has 0 saturated carbocycles. The zero-order chi connectivity index (χ0) is 20.2. The Bertz CT molecular complexity index is 1180. The van der Waals surface area contributed by atoms with Crippen LogP contribution in [0.15, 0.2) is 60.9 Å². The second-order valence-electron chi connectivity index (χ2n) is 6.36. The number of carbonyl (C=O) groups is 2. The maximum Gasteiger partial charge on any atom is 0.338 e. The number of benzene rings is 2. The van der Waals surface area contributed by atoms with Crippen molar-refractivity contribution >= 4 is 28.6 Å². The van der Waals surface area contributed by atoms with E-state index >= 15 is 0 Å². The summed E-state index contributed by atoms with van der Waals surface area (Å²) in [6.07, 6.45) is 3.25. The Labute approximate surface area is 165 Å². The molecule has 2 aromatic carbocycles. The number of rotatable bonds is 6. The minimum atomic E-state index is -0.402. The number of carbonyl (C=O) groups excluding carboxylic acids is 2. The van der Waals surface area contributed by atoms with Gasteiger partial charge in [-0.2, -0.15) is 5.10 Å². The number of anilines is 1. The predicted octanol–water partition coefficient (Wildman–Crippen LogP) is 2.10. The lowest BCUT2D eigenvalue weighted by Gasteiger charge is -2.07. The molecule has 1 amide bonds. The summed E-state index contributed by atoms with van der Waals surface area (Å²) in [4.78, 5) is 24.3. The van der Waals surface area contributed by atoms with Gasteiger partial charge in [0.25, 0.3) is 0 Å². The Hall–Kier alpha value is -4.01. The van der Waals surface area contributed by atoms with Crippen molar-refractivity contribution in [2.75, 3.05) is 12.4 Å². The van der Waals surface area contributed by atoms with E-state index in [1.165, 1.54) is 7.11 Å². The zero-order valence-corrected chi connectivity index (χ0v) is 15.6. The highest BCUT2D eigenvalue weighted by molar-refractivity contribution is 5.91. The van der Waals surface area contributed by atoms with Gasteiger partial charge in [0.2, 0.25) is 5.91 Å². The summed E-state index contributed by atoms with van der Waals surface area (Å²) in [6, 6.07) is 14.6. The van der Waals surface area contributed by atoms with Crippen molar-refractivity contribution in [3.63, 3.8) is 0 Å². The van der Waals surface area contributed by atoms with Crippen LogP contribution in [0.3, 0.4) is 0 Å². The molecule has 0 unspecified atom stereocenters. The molecule has 0 aliphatic carbocycles. The quantitative estimate of drug-likeness (QED) is 0.506. The molecule has 2 aromatic heterocycles. The van der Waals surface area contributed by atoms with Gasteiger partial charge in [0.1, 0.15) is 12.1 Å². The van der Waals surface area contributed by atoms with E-state index in [-0.39, 0.29) is 12.5 Å². The summed E-state index contributed by atoms with van der Waals surface area (Å²) in [6.45, 7) is 0.408. The van der Waals surface area contributed by atoms with Gasteiger partial charge in [-0.15, -0.1) is 5.10 Å². The summed E-state index contributed by atoms with van der Waals surface area (Å²) in [7, 11) is 1.35. The van der Waals surface area contributed by atoms with Gasteiger partial charge < -0.3 is 10.1 Å². The van der Waals surface area contributed by atoms with Gasteiger partial charge >= 0.3 is 5.97 Å². The van der Waals surface area contributed by atoms with Gasteiger partial charge in [-0.25, -0.2) is 9.48 Å². The monoisotopic (exact) mass is 390 g/mol. The lowest BCUT2D eigenvalue weighted by molar-refractivity contribution is -0.116. The van der Waals surface area contributed by atoms with E-state index < -0.39 is 5.97 Å². The molecule has 0 bridgehead atoms. The van der Waals surface area contributed by atoms with Crippen molar-refractivity contribution in [1.29, 1.82) is 0 Å². The third kappa shape index (κ3) is 3.98. The molecular weight excluding hydrogens is 372 g/mol. The Morgan fingerprint density at radius 1 is 1.10 bits per heavy atom. The summed E-state index contributed by atoms with van der Waals surface area (Å²) >= 11 is 0. The van der Waals surface area contributed by atoms with Crippen molar-refractivity contribution in [1.82, 2.24) is 24.8 Å². The molecule has 0 spiro atoms. The number of fused-ring (bicyclic) bond motifs is 1. The maximum atomic E-state index is 12.4. The summed E-state index contributed by atoms with van der Waals surface area (Å²) < 4.78 is 8.00. The molecule has 0 saturated heterocycles. The first-order valence-electron chi connectivity index (χ1n) is 8.91. The second kappa shape index (κ2) is 7.93. The fraction of sp³-hybridized carbons (Fsp3) is 0.150. The normalized spacial score (nSPS) is 10.8. The van der Waals surface area contributed by atoms with E-state index in [1.807, 2.05) is 36.4 Å². The average molecular weight is 390 g/mol. The van der Waals surface area contributed by atoms with Gasteiger partial charge in [-0.1, -0.05) is 35.5 Å². The van der Waals surface area contributed by atoms with Gasteiger partial charge in [-0.05, 0) is 23.8 Å². The molecule has 9 heteroatoms. The van der Waals surface area contributed by atoms with Gasteiger partial charge in [0.05, 0.1) is 36.6 Å². The van der Waals surface area contributed by atoms with Crippen LogP contribution in [0, 0.1) is 0 Å². The molecule has 0 atom stereocenters.